The van der Waals surface area contributed by atoms with Crippen molar-refractivity contribution in [2.75, 3.05) is 20.2 Å². The quantitative estimate of drug-likeness (QED) is 0.268. The minimum Gasteiger partial charge on any atom is -0.457 e. The summed E-state index contributed by atoms with van der Waals surface area (Å²) in [6, 6.07) is 20.1. The van der Waals surface area contributed by atoms with Crippen LogP contribution in [0.5, 0.6) is 11.5 Å². The molecule has 194 valence electrons. The van der Waals surface area contributed by atoms with Crippen molar-refractivity contribution in [3.63, 3.8) is 0 Å². The second kappa shape index (κ2) is 12.8. The first-order valence-electron chi connectivity index (χ1n) is 11.9. The van der Waals surface area contributed by atoms with Gasteiger partial charge in [-0.3, -0.25) is 9.59 Å². The molecule has 0 spiro atoms. The molecule has 0 aromatic heterocycles. The average Bonchev–Trinajstić information content (AvgIpc) is 3.40. The Morgan fingerprint density at radius 1 is 0.973 bits per heavy atom. The third-order valence-electron chi connectivity index (χ3n) is 6.04. The molecular weight excluding hydrogens is 579 g/mol. The van der Waals surface area contributed by atoms with Gasteiger partial charge in [0.2, 0.25) is 0 Å². The van der Waals surface area contributed by atoms with Crippen molar-refractivity contribution in [3.8, 4) is 11.5 Å². The van der Waals surface area contributed by atoms with E-state index >= 15 is 0 Å². The molecule has 9 heteroatoms. The molecule has 1 aliphatic rings. The third-order valence-corrected chi connectivity index (χ3v) is 7.52. The smallest absolute Gasteiger partial charge is 0.312 e. The van der Waals surface area contributed by atoms with Crippen LogP contribution in [0.2, 0.25) is 10.0 Å². The van der Waals surface area contributed by atoms with Gasteiger partial charge >= 0.3 is 11.8 Å². The predicted octanol–water partition coefficient (Wildman–Crippen LogP) is 6.71. The van der Waals surface area contributed by atoms with Gasteiger partial charge in [-0.15, -0.1) is 0 Å². The number of nitrogens with zero attached hydrogens (tertiary/aromatic N) is 2. The zero-order valence-electron chi connectivity index (χ0n) is 20.3. The van der Waals surface area contributed by atoms with Crippen LogP contribution >= 0.6 is 39.1 Å². The maximum absolute atomic E-state index is 13.3. The van der Waals surface area contributed by atoms with Crippen LogP contribution < -0.4 is 4.74 Å². The van der Waals surface area contributed by atoms with E-state index in [1.807, 2.05) is 36.4 Å². The van der Waals surface area contributed by atoms with E-state index in [4.69, 9.17) is 32.7 Å². The number of rotatable bonds is 8. The number of likely N-dealkylation sites (N-methyl/N-ethyl adjacent to an activating group) is 1. The number of amides is 2. The van der Waals surface area contributed by atoms with E-state index in [2.05, 4.69) is 15.9 Å². The minimum atomic E-state index is -0.572. The molecule has 1 unspecified atom stereocenters. The minimum absolute atomic E-state index is 0.0528. The van der Waals surface area contributed by atoms with Gasteiger partial charge in [0.15, 0.2) is 0 Å². The summed E-state index contributed by atoms with van der Waals surface area (Å²) < 4.78 is 12.4. The van der Waals surface area contributed by atoms with E-state index < -0.39 is 11.8 Å². The number of benzene rings is 3. The molecule has 0 bridgehead atoms. The number of carbonyl (C=O) groups is 2. The van der Waals surface area contributed by atoms with Crippen molar-refractivity contribution in [3.05, 3.63) is 92.4 Å². The van der Waals surface area contributed by atoms with Gasteiger partial charge in [0.05, 0.1) is 16.1 Å². The first-order chi connectivity index (χ1) is 17.8. The highest BCUT2D eigenvalue weighted by atomic mass is 79.9. The second-order valence-electron chi connectivity index (χ2n) is 8.90. The molecule has 1 heterocycles. The van der Waals surface area contributed by atoms with Gasteiger partial charge in [0, 0.05) is 43.8 Å². The zero-order chi connectivity index (χ0) is 26.4. The maximum atomic E-state index is 13.3. The van der Waals surface area contributed by atoms with Crippen LogP contribution in [0.25, 0.3) is 0 Å². The van der Waals surface area contributed by atoms with E-state index in [1.165, 1.54) is 4.90 Å². The summed E-state index contributed by atoms with van der Waals surface area (Å²) in [7, 11) is 1.62. The molecule has 3 aromatic carbocycles. The van der Waals surface area contributed by atoms with Crippen molar-refractivity contribution in [2.24, 2.45) is 0 Å². The Kier molecular flexibility index (Phi) is 9.49. The highest BCUT2D eigenvalue weighted by Crippen LogP contribution is 2.31. The molecule has 0 N–H and O–H groups in total. The van der Waals surface area contributed by atoms with Gasteiger partial charge in [-0.05, 0) is 48.2 Å². The van der Waals surface area contributed by atoms with Crippen molar-refractivity contribution < 1.29 is 19.1 Å². The Hall–Kier alpha value is -2.58. The van der Waals surface area contributed by atoms with Crippen molar-refractivity contribution in [2.45, 2.75) is 32.0 Å². The predicted molar refractivity (Wildman–Crippen MR) is 148 cm³/mol. The van der Waals surface area contributed by atoms with Crippen molar-refractivity contribution in [1.29, 1.82) is 0 Å². The van der Waals surface area contributed by atoms with Gasteiger partial charge < -0.3 is 19.3 Å². The lowest BCUT2D eigenvalue weighted by molar-refractivity contribution is -0.152. The number of ether oxygens (including phenoxy) is 2. The Morgan fingerprint density at radius 2 is 1.70 bits per heavy atom. The molecule has 0 radical (unpaired) electrons. The molecule has 4 rings (SSSR count). The van der Waals surface area contributed by atoms with Gasteiger partial charge in [-0.2, -0.15) is 0 Å². The molecule has 2 amide bonds. The van der Waals surface area contributed by atoms with Crippen molar-refractivity contribution in [1.82, 2.24) is 9.80 Å². The number of carbonyl (C=O) groups excluding carboxylic acids is 2. The normalized spacial score (nSPS) is 14.9. The Bertz CT molecular complexity index is 1250. The van der Waals surface area contributed by atoms with E-state index in [0.717, 1.165) is 28.4 Å². The topological polar surface area (TPSA) is 59.1 Å². The molecule has 1 atom stereocenters. The summed E-state index contributed by atoms with van der Waals surface area (Å²) in [5.74, 6) is 0.0240. The van der Waals surface area contributed by atoms with Crippen LogP contribution in [-0.2, 0) is 27.4 Å². The standard InChI is InChI=1S/C28H27BrCl2N2O4/c1-32(17-20-9-10-21(14-24(20)29)37-22-11-12-25(30)26(31)15-22)27(34)28(35)33(18-23-8-5-13-36-23)16-19-6-3-2-4-7-19/h2-4,6-7,9-12,14-15,23H,5,8,13,16-18H2,1H3. The summed E-state index contributed by atoms with van der Waals surface area (Å²) >= 11 is 15.6. The Morgan fingerprint density at radius 3 is 2.38 bits per heavy atom. The first kappa shape index (κ1) is 27.5. The van der Waals surface area contributed by atoms with Gasteiger partial charge in [-0.25, -0.2) is 0 Å². The van der Waals surface area contributed by atoms with Crippen LogP contribution in [-0.4, -0.2) is 47.9 Å². The van der Waals surface area contributed by atoms with Crippen LogP contribution in [0.15, 0.2) is 71.2 Å². The summed E-state index contributed by atoms with van der Waals surface area (Å²) in [6.45, 7) is 1.67. The molecule has 0 saturated carbocycles. The van der Waals surface area contributed by atoms with Gasteiger partial charge in [0.25, 0.3) is 0 Å². The van der Waals surface area contributed by atoms with Crippen LogP contribution in [0.4, 0.5) is 0 Å². The van der Waals surface area contributed by atoms with Gasteiger partial charge in [0.1, 0.15) is 11.5 Å². The fourth-order valence-corrected chi connectivity index (χ4v) is 4.85. The molecule has 1 saturated heterocycles. The third kappa shape index (κ3) is 7.48. The summed E-state index contributed by atoms with van der Waals surface area (Å²) in [4.78, 5) is 29.5. The van der Waals surface area contributed by atoms with E-state index in [0.29, 0.717) is 41.2 Å². The van der Waals surface area contributed by atoms with Gasteiger partial charge in [-0.1, -0.05) is 75.5 Å². The number of halogens is 3. The van der Waals surface area contributed by atoms with E-state index in [-0.39, 0.29) is 12.6 Å². The van der Waals surface area contributed by atoms with E-state index in [1.54, 1.807) is 42.3 Å². The number of hydrogen-bond acceptors (Lipinski definition) is 4. The molecule has 3 aromatic rings. The lowest BCUT2D eigenvalue weighted by atomic mass is 10.1. The monoisotopic (exact) mass is 604 g/mol. The average molecular weight is 606 g/mol. The largest absolute Gasteiger partial charge is 0.457 e. The Balaban J connectivity index is 1.42. The first-order valence-corrected chi connectivity index (χ1v) is 13.5. The summed E-state index contributed by atoms with van der Waals surface area (Å²) in [5.41, 5.74) is 1.79. The lowest BCUT2D eigenvalue weighted by Gasteiger charge is -2.27. The van der Waals surface area contributed by atoms with E-state index in [9.17, 15) is 9.59 Å². The summed E-state index contributed by atoms with van der Waals surface area (Å²) in [6.07, 6.45) is 1.79. The maximum Gasteiger partial charge on any atom is 0.312 e. The highest BCUT2D eigenvalue weighted by Gasteiger charge is 2.29. The van der Waals surface area contributed by atoms with Crippen LogP contribution in [0.1, 0.15) is 24.0 Å². The Labute approximate surface area is 235 Å². The molecule has 6 nitrogen and oxygen atoms in total. The molecule has 1 fully saturated rings. The number of hydrogen-bond donors (Lipinski definition) is 0. The molecule has 1 aliphatic heterocycles. The summed E-state index contributed by atoms with van der Waals surface area (Å²) in [5, 5.41) is 0.853. The highest BCUT2D eigenvalue weighted by molar-refractivity contribution is 9.10. The zero-order valence-corrected chi connectivity index (χ0v) is 23.4. The second-order valence-corrected chi connectivity index (χ2v) is 10.6. The molecule has 37 heavy (non-hydrogen) atoms. The van der Waals surface area contributed by atoms with Crippen LogP contribution in [0, 0.1) is 0 Å². The molecular formula is C28H27BrCl2N2O4. The van der Waals surface area contributed by atoms with Crippen LogP contribution in [0.3, 0.4) is 0 Å². The molecule has 0 aliphatic carbocycles. The fraction of sp³-hybridized carbons (Fsp3) is 0.286. The SMILES string of the molecule is CN(Cc1ccc(Oc2ccc(Cl)c(Cl)c2)cc1Br)C(=O)C(=O)N(Cc1ccccc1)CC1CCCO1. The fourth-order valence-electron chi connectivity index (χ4n) is 4.08. The van der Waals surface area contributed by atoms with Crippen molar-refractivity contribution >= 4 is 50.9 Å². The lowest BCUT2D eigenvalue weighted by Crippen LogP contribution is -2.45.